The van der Waals surface area contributed by atoms with Crippen LogP contribution in [0, 0.1) is 11.3 Å². The lowest BCUT2D eigenvalue weighted by Crippen LogP contribution is -2.28. The molecule has 6 heteroatoms. The highest BCUT2D eigenvalue weighted by atomic mass is 16.5. The number of methoxy groups -OCH3 is 1. The van der Waals surface area contributed by atoms with Gasteiger partial charge in [0, 0.05) is 24.5 Å². The monoisotopic (exact) mass is 282 g/mol. The second-order valence-corrected chi connectivity index (χ2v) is 4.21. The molecule has 106 valence electrons. The number of benzene rings is 1. The number of ether oxygens (including phenoxy) is 1. The third-order valence-corrected chi connectivity index (χ3v) is 2.71. The normalized spacial score (nSPS) is 9.52. The van der Waals surface area contributed by atoms with Crippen molar-refractivity contribution in [1.82, 2.24) is 10.3 Å². The summed E-state index contributed by atoms with van der Waals surface area (Å²) in [6, 6.07) is 11.9. The molecule has 2 aromatic rings. The Balaban J connectivity index is 1.91. The first-order valence-electron chi connectivity index (χ1n) is 6.25. The highest BCUT2D eigenvalue weighted by Crippen LogP contribution is 2.10. The first-order chi connectivity index (χ1) is 10.2. The van der Waals surface area contributed by atoms with Crippen molar-refractivity contribution in [2.75, 3.05) is 12.4 Å². The van der Waals surface area contributed by atoms with Crippen molar-refractivity contribution >= 4 is 11.7 Å². The van der Waals surface area contributed by atoms with Gasteiger partial charge in [-0.1, -0.05) is 6.07 Å². The third-order valence-electron chi connectivity index (χ3n) is 2.71. The fourth-order valence-corrected chi connectivity index (χ4v) is 1.70. The van der Waals surface area contributed by atoms with Gasteiger partial charge in [-0.05, 0) is 29.8 Å². The van der Waals surface area contributed by atoms with Crippen molar-refractivity contribution in [3.8, 4) is 11.9 Å². The number of carbonyl (C=O) groups is 1. The smallest absolute Gasteiger partial charge is 0.319 e. The van der Waals surface area contributed by atoms with Gasteiger partial charge >= 0.3 is 6.03 Å². The van der Waals surface area contributed by atoms with Crippen molar-refractivity contribution in [2.24, 2.45) is 0 Å². The van der Waals surface area contributed by atoms with Crippen LogP contribution in [0.3, 0.4) is 0 Å². The van der Waals surface area contributed by atoms with Gasteiger partial charge in [0.25, 0.3) is 0 Å². The number of nitrogens with one attached hydrogen (secondary N) is 2. The molecule has 0 radical (unpaired) electrons. The molecular weight excluding hydrogens is 268 g/mol. The van der Waals surface area contributed by atoms with E-state index in [1.165, 1.54) is 7.11 Å². The fourth-order valence-electron chi connectivity index (χ4n) is 1.70. The summed E-state index contributed by atoms with van der Waals surface area (Å²) < 4.78 is 5.01. The van der Waals surface area contributed by atoms with Crippen LogP contribution in [0.25, 0.3) is 0 Å². The highest BCUT2D eigenvalue weighted by Gasteiger charge is 2.03. The molecule has 21 heavy (non-hydrogen) atoms. The molecule has 1 heterocycles. The van der Waals surface area contributed by atoms with Crippen LogP contribution in [0.4, 0.5) is 10.5 Å². The topological polar surface area (TPSA) is 87.0 Å². The minimum Gasteiger partial charge on any atom is -0.481 e. The molecule has 0 spiro atoms. The number of rotatable bonds is 4. The molecule has 2 rings (SSSR count). The van der Waals surface area contributed by atoms with E-state index in [0.717, 1.165) is 5.56 Å². The number of urea groups is 1. The average Bonchev–Trinajstić information content (AvgIpc) is 2.53. The molecule has 0 aliphatic carbocycles. The fraction of sp³-hybridized carbons (Fsp3) is 0.133. The third kappa shape index (κ3) is 4.21. The number of pyridine rings is 1. The van der Waals surface area contributed by atoms with E-state index in [1.807, 2.05) is 6.07 Å². The summed E-state index contributed by atoms with van der Waals surface area (Å²) in [5.74, 6) is 0.497. The quantitative estimate of drug-likeness (QED) is 0.900. The predicted molar refractivity (Wildman–Crippen MR) is 77.8 cm³/mol. The Bertz CT molecular complexity index is 679. The van der Waals surface area contributed by atoms with Crippen LogP contribution in [-0.4, -0.2) is 18.1 Å². The van der Waals surface area contributed by atoms with Crippen LogP contribution in [-0.2, 0) is 6.54 Å². The van der Waals surface area contributed by atoms with E-state index in [2.05, 4.69) is 15.6 Å². The molecular formula is C15H14N4O2. The van der Waals surface area contributed by atoms with E-state index < -0.39 is 0 Å². The SMILES string of the molecule is COc1cc(CNC(=O)Nc2cccc(C#N)c2)ccn1. The number of nitriles is 1. The van der Waals surface area contributed by atoms with Gasteiger partial charge in [0.15, 0.2) is 0 Å². The average molecular weight is 282 g/mol. The van der Waals surface area contributed by atoms with Gasteiger partial charge < -0.3 is 15.4 Å². The molecule has 6 nitrogen and oxygen atoms in total. The molecule has 1 aromatic heterocycles. The molecule has 0 bridgehead atoms. The van der Waals surface area contributed by atoms with Gasteiger partial charge in [0.2, 0.25) is 5.88 Å². The maximum atomic E-state index is 11.8. The van der Waals surface area contributed by atoms with Crippen molar-refractivity contribution in [3.63, 3.8) is 0 Å². The Kier molecular flexibility index (Phi) is 4.72. The Morgan fingerprint density at radius 3 is 3.00 bits per heavy atom. The lowest BCUT2D eigenvalue weighted by atomic mass is 10.2. The van der Waals surface area contributed by atoms with Gasteiger partial charge in [0.1, 0.15) is 0 Å². The number of aromatic nitrogens is 1. The summed E-state index contributed by atoms with van der Waals surface area (Å²) in [5, 5.41) is 14.2. The van der Waals surface area contributed by atoms with Gasteiger partial charge in [-0.3, -0.25) is 0 Å². The Hall–Kier alpha value is -3.07. The van der Waals surface area contributed by atoms with Crippen molar-refractivity contribution in [1.29, 1.82) is 5.26 Å². The first kappa shape index (κ1) is 14.3. The molecule has 0 aliphatic heterocycles. The standard InChI is InChI=1S/C15H14N4O2/c1-21-14-8-12(5-6-17-14)10-18-15(20)19-13-4-2-3-11(7-13)9-16/h2-8H,10H2,1H3,(H2,18,19,20). The summed E-state index contributed by atoms with van der Waals surface area (Å²) in [5.41, 5.74) is 1.94. The minimum atomic E-state index is -0.346. The molecule has 0 saturated carbocycles. The van der Waals surface area contributed by atoms with Crippen molar-refractivity contribution < 1.29 is 9.53 Å². The van der Waals surface area contributed by atoms with E-state index in [-0.39, 0.29) is 6.03 Å². The maximum absolute atomic E-state index is 11.8. The van der Waals surface area contributed by atoms with Crippen LogP contribution < -0.4 is 15.4 Å². The number of hydrogen-bond donors (Lipinski definition) is 2. The van der Waals surface area contributed by atoms with Crippen molar-refractivity contribution in [2.45, 2.75) is 6.54 Å². The van der Waals surface area contributed by atoms with E-state index >= 15 is 0 Å². The maximum Gasteiger partial charge on any atom is 0.319 e. The molecule has 0 unspecified atom stereocenters. The Morgan fingerprint density at radius 1 is 1.38 bits per heavy atom. The van der Waals surface area contributed by atoms with Crippen LogP contribution in [0.2, 0.25) is 0 Å². The van der Waals surface area contributed by atoms with Gasteiger partial charge in [-0.2, -0.15) is 5.26 Å². The number of hydrogen-bond acceptors (Lipinski definition) is 4. The molecule has 0 atom stereocenters. The summed E-state index contributed by atoms with van der Waals surface area (Å²) in [7, 11) is 1.54. The number of carbonyl (C=O) groups excluding carboxylic acids is 1. The number of amides is 2. The van der Waals surface area contributed by atoms with E-state index in [1.54, 1.807) is 42.6 Å². The zero-order valence-electron chi connectivity index (χ0n) is 11.5. The molecule has 0 fully saturated rings. The van der Waals surface area contributed by atoms with Crippen molar-refractivity contribution in [3.05, 3.63) is 53.7 Å². The highest BCUT2D eigenvalue weighted by molar-refractivity contribution is 5.89. The zero-order valence-corrected chi connectivity index (χ0v) is 11.5. The molecule has 1 aromatic carbocycles. The zero-order chi connectivity index (χ0) is 15.1. The summed E-state index contributed by atoms with van der Waals surface area (Å²) >= 11 is 0. The number of nitrogens with zero attached hydrogens (tertiary/aromatic N) is 2. The van der Waals surface area contributed by atoms with Gasteiger partial charge in [-0.25, -0.2) is 9.78 Å². The molecule has 2 amide bonds. The summed E-state index contributed by atoms with van der Waals surface area (Å²) in [4.78, 5) is 15.8. The molecule has 2 N–H and O–H groups in total. The lowest BCUT2D eigenvalue weighted by molar-refractivity contribution is 0.251. The Labute approximate surface area is 122 Å². The second-order valence-electron chi connectivity index (χ2n) is 4.21. The van der Waals surface area contributed by atoms with Crippen LogP contribution >= 0.6 is 0 Å². The van der Waals surface area contributed by atoms with Crippen LogP contribution in [0.1, 0.15) is 11.1 Å². The largest absolute Gasteiger partial charge is 0.481 e. The van der Waals surface area contributed by atoms with Gasteiger partial charge in [-0.15, -0.1) is 0 Å². The van der Waals surface area contributed by atoms with E-state index in [0.29, 0.717) is 23.7 Å². The second kappa shape index (κ2) is 6.91. The summed E-state index contributed by atoms with van der Waals surface area (Å²) in [6.45, 7) is 0.350. The Morgan fingerprint density at radius 2 is 2.24 bits per heavy atom. The lowest BCUT2D eigenvalue weighted by Gasteiger charge is -2.08. The van der Waals surface area contributed by atoms with Crippen LogP contribution in [0.5, 0.6) is 5.88 Å². The first-order valence-corrected chi connectivity index (χ1v) is 6.25. The van der Waals surface area contributed by atoms with Gasteiger partial charge in [0.05, 0.1) is 18.7 Å². The molecule has 0 saturated heterocycles. The van der Waals surface area contributed by atoms with Crippen LogP contribution in [0.15, 0.2) is 42.6 Å². The predicted octanol–water partition coefficient (Wildman–Crippen LogP) is 2.28. The molecule has 0 aliphatic rings. The minimum absolute atomic E-state index is 0.346. The van der Waals surface area contributed by atoms with E-state index in [4.69, 9.17) is 10.00 Å². The number of anilines is 1. The van der Waals surface area contributed by atoms with E-state index in [9.17, 15) is 4.79 Å². The summed E-state index contributed by atoms with van der Waals surface area (Å²) in [6.07, 6.45) is 1.62.